The van der Waals surface area contributed by atoms with Gasteiger partial charge in [-0.25, -0.2) is 14.2 Å². The molecule has 116 valence electrons. The number of halogens is 2. The molecule has 22 heavy (non-hydrogen) atoms. The van der Waals surface area contributed by atoms with Crippen LogP contribution in [0.15, 0.2) is 29.0 Å². The summed E-state index contributed by atoms with van der Waals surface area (Å²) in [6.07, 6.45) is 1.11. The molecule has 0 saturated heterocycles. The maximum atomic E-state index is 13.6. The average Bonchev–Trinajstić information content (AvgIpc) is 2.93. The summed E-state index contributed by atoms with van der Waals surface area (Å²) in [5.41, 5.74) is 0.228. The van der Waals surface area contributed by atoms with Crippen molar-refractivity contribution >= 4 is 23.5 Å². The minimum Gasteiger partial charge on any atom is -0.467 e. The van der Waals surface area contributed by atoms with E-state index in [4.69, 9.17) is 16.0 Å². The van der Waals surface area contributed by atoms with Crippen molar-refractivity contribution in [2.24, 2.45) is 0 Å². The molecule has 0 fully saturated rings. The molecule has 6 nitrogen and oxygen atoms in total. The Bertz CT molecular complexity index is 717. The van der Waals surface area contributed by atoms with Crippen molar-refractivity contribution in [2.45, 2.75) is 13.0 Å². The van der Waals surface area contributed by atoms with E-state index in [9.17, 15) is 14.0 Å². The number of nitrogens with one attached hydrogen (secondary N) is 1. The van der Waals surface area contributed by atoms with Crippen molar-refractivity contribution in [3.8, 4) is 0 Å². The van der Waals surface area contributed by atoms with E-state index in [0.29, 0.717) is 5.76 Å². The minimum atomic E-state index is -1.19. The first kappa shape index (κ1) is 16.0. The van der Waals surface area contributed by atoms with Crippen LogP contribution in [-0.2, 0) is 9.53 Å². The molecule has 1 N–H and O–H groups in total. The van der Waals surface area contributed by atoms with Crippen molar-refractivity contribution < 1.29 is 23.1 Å². The van der Waals surface area contributed by atoms with E-state index in [1.165, 1.54) is 12.1 Å². The monoisotopic (exact) mass is 326 g/mol. The van der Waals surface area contributed by atoms with Gasteiger partial charge in [-0.1, -0.05) is 17.7 Å². The molecule has 0 aliphatic carbocycles. The zero-order valence-electron chi connectivity index (χ0n) is 11.7. The number of esters is 1. The number of aryl methyl sites for hydroxylation is 1. The maximum absolute atomic E-state index is 13.6. The van der Waals surface area contributed by atoms with Crippen LogP contribution in [0.3, 0.4) is 0 Å². The first-order valence-corrected chi connectivity index (χ1v) is 6.55. The maximum Gasteiger partial charge on any atom is 0.333 e. The van der Waals surface area contributed by atoms with Gasteiger partial charge in [0.2, 0.25) is 0 Å². The van der Waals surface area contributed by atoms with Crippen molar-refractivity contribution in [3.05, 3.63) is 52.5 Å². The van der Waals surface area contributed by atoms with Gasteiger partial charge in [-0.15, -0.1) is 0 Å². The molecule has 1 heterocycles. The molecule has 1 atom stereocenters. The molecule has 0 radical (unpaired) electrons. The van der Waals surface area contributed by atoms with Crippen LogP contribution in [0.2, 0.25) is 5.02 Å². The first-order chi connectivity index (χ1) is 10.4. The van der Waals surface area contributed by atoms with Gasteiger partial charge in [0, 0.05) is 0 Å². The summed E-state index contributed by atoms with van der Waals surface area (Å²) in [6, 6.07) is 2.57. The van der Waals surface area contributed by atoms with Gasteiger partial charge in [-0.2, -0.15) is 0 Å². The molecule has 0 bridgehead atoms. The number of methoxy groups -OCH3 is 1. The Hall–Kier alpha value is -2.41. The Kier molecular flexibility index (Phi) is 4.77. The second kappa shape index (κ2) is 6.57. The summed E-state index contributed by atoms with van der Waals surface area (Å²) in [6.45, 7) is 1.55. The van der Waals surface area contributed by atoms with Gasteiger partial charge in [0.1, 0.15) is 11.6 Å². The van der Waals surface area contributed by atoms with Crippen LogP contribution in [0.1, 0.15) is 27.9 Å². The Balaban J connectivity index is 2.31. The van der Waals surface area contributed by atoms with Gasteiger partial charge in [-0.05, 0) is 24.6 Å². The number of rotatable bonds is 4. The molecule has 0 saturated carbocycles. The average molecular weight is 327 g/mol. The predicted octanol–water partition coefficient (Wildman–Crippen LogP) is 2.42. The molecule has 8 heteroatoms. The van der Waals surface area contributed by atoms with E-state index in [-0.39, 0.29) is 16.3 Å². The summed E-state index contributed by atoms with van der Waals surface area (Å²) in [5, 5.41) is 2.34. The van der Waals surface area contributed by atoms with Gasteiger partial charge < -0.3 is 14.5 Å². The van der Waals surface area contributed by atoms with Crippen LogP contribution < -0.4 is 5.32 Å². The molecule has 0 spiro atoms. The molecule has 0 aliphatic rings. The number of nitrogens with zero attached hydrogens (tertiary/aromatic N) is 1. The summed E-state index contributed by atoms with van der Waals surface area (Å²) < 4.78 is 23.1. The summed E-state index contributed by atoms with van der Waals surface area (Å²) in [4.78, 5) is 27.7. The van der Waals surface area contributed by atoms with E-state index in [1.807, 2.05) is 0 Å². The Labute approximate surface area is 130 Å². The molecule has 1 aromatic heterocycles. The molecule has 1 amide bonds. The Morgan fingerprint density at radius 1 is 1.45 bits per heavy atom. The lowest BCUT2D eigenvalue weighted by atomic mass is 10.1. The van der Waals surface area contributed by atoms with Crippen molar-refractivity contribution in [3.63, 3.8) is 0 Å². The molecule has 0 aliphatic heterocycles. The fourth-order valence-electron chi connectivity index (χ4n) is 1.81. The SMILES string of the molecule is COC(=O)[C@H](NC(=O)c1ncoc1C)c1ccc(Cl)c(F)c1. The molecular formula is C14H12ClFN2O4. The second-order valence-electron chi connectivity index (χ2n) is 4.36. The number of aromatic nitrogens is 1. The van der Waals surface area contributed by atoms with E-state index in [1.54, 1.807) is 6.92 Å². The highest BCUT2D eigenvalue weighted by atomic mass is 35.5. The van der Waals surface area contributed by atoms with Crippen LogP contribution in [0, 0.1) is 12.7 Å². The normalized spacial score (nSPS) is 11.8. The molecule has 1 aromatic carbocycles. The number of carbonyl (C=O) groups excluding carboxylic acids is 2. The zero-order valence-corrected chi connectivity index (χ0v) is 12.5. The predicted molar refractivity (Wildman–Crippen MR) is 74.9 cm³/mol. The first-order valence-electron chi connectivity index (χ1n) is 6.17. The van der Waals surface area contributed by atoms with Gasteiger partial charge in [0.25, 0.3) is 5.91 Å². The van der Waals surface area contributed by atoms with Crippen molar-refractivity contribution in [1.82, 2.24) is 10.3 Å². The van der Waals surface area contributed by atoms with Gasteiger partial charge in [-0.3, -0.25) is 4.79 Å². The number of hydrogen-bond acceptors (Lipinski definition) is 5. The van der Waals surface area contributed by atoms with Crippen LogP contribution in [0.5, 0.6) is 0 Å². The third-order valence-electron chi connectivity index (χ3n) is 2.95. The summed E-state index contributed by atoms with van der Waals surface area (Å²) in [5.74, 6) is -1.81. The number of benzene rings is 1. The van der Waals surface area contributed by atoms with E-state index in [0.717, 1.165) is 19.6 Å². The number of carbonyl (C=O) groups is 2. The Morgan fingerprint density at radius 3 is 2.73 bits per heavy atom. The van der Waals surface area contributed by atoms with Crippen LogP contribution in [0.4, 0.5) is 4.39 Å². The topological polar surface area (TPSA) is 81.4 Å². The molecule has 0 unspecified atom stereocenters. The summed E-state index contributed by atoms with van der Waals surface area (Å²) >= 11 is 5.61. The summed E-state index contributed by atoms with van der Waals surface area (Å²) in [7, 11) is 1.16. The van der Waals surface area contributed by atoms with Crippen molar-refractivity contribution in [2.75, 3.05) is 7.11 Å². The van der Waals surface area contributed by atoms with Crippen molar-refractivity contribution in [1.29, 1.82) is 0 Å². The lowest BCUT2D eigenvalue weighted by Crippen LogP contribution is -2.35. The minimum absolute atomic E-state index is 0.0309. The van der Waals surface area contributed by atoms with E-state index < -0.39 is 23.7 Å². The molecule has 2 aromatic rings. The zero-order chi connectivity index (χ0) is 16.3. The van der Waals surface area contributed by atoms with Gasteiger partial charge in [0.15, 0.2) is 18.1 Å². The smallest absolute Gasteiger partial charge is 0.333 e. The number of hydrogen-bond donors (Lipinski definition) is 1. The fourth-order valence-corrected chi connectivity index (χ4v) is 1.93. The lowest BCUT2D eigenvalue weighted by molar-refractivity contribution is -0.143. The number of ether oxygens (including phenoxy) is 1. The highest BCUT2D eigenvalue weighted by molar-refractivity contribution is 6.30. The largest absolute Gasteiger partial charge is 0.467 e. The van der Waals surface area contributed by atoms with E-state index in [2.05, 4.69) is 15.0 Å². The van der Waals surface area contributed by atoms with Crippen LogP contribution in [-0.4, -0.2) is 24.0 Å². The standard InChI is InChI=1S/C14H12ClFN2O4/c1-7-11(17-6-22-7)13(19)18-12(14(20)21-2)8-3-4-9(15)10(16)5-8/h3-6,12H,1-2H3,(H,18,19)/t12-/m1/s1. The van der Waals surface area contributed by atoms with Gasteiger partial charge >= 0.3 is 5.97 Å². The van der Waals surface area contributed by atoms with Gasteiger partial charge in [0.05, 0.1) is 12.1 Å². The molecule has 2 rings (SSSR count). The van der Waals surface area contributed by atoms with Crippen LogP contribution in [0.25, 0.3) is 0 Å². The highest BCUT2D eigenvalue weighted by Crippen LogP contribution is 2.22. The van der Waals surface area contributed by atoms with Crippen LogP contribution >= 0.6 is 11.6 Å². The quantitative estimate of drug-likeness (QED) is 0.873. The third-order valence-corrected chi connectivity index (χ3v) is 3.26. The van der Waals surface area contributed by atoms with E-state index >= 15 is 0 Å². The molecular weight excluding hydrogens is 315 g/mol. The Morgan fingerprint density at radius 2 is 2.18 bits per heavy atom. The number of amides is 1. The fraction of sp³-hybridized carbons (Fsp3) is 0.214. The lowest BCUT2D eigenvalue weighted by Gasteiger charge is -2.16. The second-order valence-corrected chi connectivity index (χ2v) is 4.77. The third kappa shape index (κ3) is 3.25. The highest BCUT2D eigenvalue weighted by Gasteiger charge is 2.26. The number of oxazole rings is 1.